The van der Waals surface area contributed by atoms with Crippen LogP contribution < -0.4 is 21.7 Å². The largest absolute Gasteiger partial charge is 0.391 e. The number of rotatable bonds is 7. The van der Waals surface area contributed by atoms with E-state index in [-0.39, 0.29) is 17.5 Å². The van der Waals surface area contributed by atoms with E-state index in [1.165, 1.54) is 6.20 Å². The molecule has 2 heterocycles. The van der Waals surface area contributed by atoms with E-state index >= 15 is 0 Å². The van der Waals surface area contributed by atoms with Gasteiger partial charge in [0.1, 0.15) is 5.82 Å². The van der Waals surface area contributed by atoms with Crippen LogP contribution in [0.3, 0.4) is 0 Å². The third-order valence-corrected chi connectivity index (χ3v) is 5.18. The standard InChI is InChI=1S/C23H25N7O3/c24-20(32)19-13-26-22(29-21(19)25-12-15-5-2-1-3-6-15)27-16-7-4-8-17(11-16)28-23(33)30-10-9-18(31)14-30/h1-8,11,13,18,31H,9-10,12,14H2,(H2,24,32)(H,28,33)(H2,25,26,27,29). The van der Waals surface area contributed by atoms with Gasteiger partial charge in [-0.1, -0.05) is 36.4 Å². The van der Waals surface area contributed by atoms with Gasteiger partial charge in [0.05, 0.1) is 11.7 Å². The number of amides is 3. The molecule has 0 saturated carbocycles. The fraction of sp³-hybridized carbons (Fsp3) is 0.217. The predicted molar refractivity (Wildman–Crippen MR) is 125 cm³/mol. The zero-order valence-electron chi connectivity index (χ0n) is 17.9. The summed E-state index contributed by atoms with van der Waals surface area (Å²) in [7, 11) is 0. The summed E-state index contributed by atoms with van der Waals surface area (Å²) in [5.74, 6) is -0.0449. The van der Waals surface area contributed by atoms with Crippen molar-refractivity contribution >= 4 is 35.1 Å². The van der Waals surface area contributed by atoms with Crippen LogP contribution in [0.1, 0.15) is 22.3 Å². The minimum atomic E-state index is -0.631. The smallest absolute Gasteiger partial charge is 0.321 e. The number of benzene rings is 2. The van der Waals surface area contributed by atoms with Crippen molar-refractivity contribution in [3.63, 3.8) is 0 Å². The number of nitrogens with one attached hydrogen (secondary N) is 3. The Morgan fingerprint density at radius 3 is 2.64 bits per heavy atom. The number of hydrogen-bond donors (Lipinski definition) is 5. The predicted octanol–water partition coefficient (Wildman–Crippen LogP) is 2.53. The number of nitrogens with zero attached hydrogens (tertiary/aromatic N) is 3. The number of aliphatic hydroxyl groups is 1. The lowest BCUT2D eigenvalue weighted by molar-refractivity contribution is 0.100. The van der Waals surface area contributed by atoms with Crippen LogP contribution in [-0.4, -0.2) is 51.1 Å². The maximum atomic E-state index is 12.4. The number of likely N-dealkylation sites (tertiary alicyclic amines) is 1. The summed E-state index contributed by atoms with van der Waals surface area (Å²) in [6, 6.07) is 16.5. The van der Waals surface area contributed by atoms with E-state index in [9.17, 15) is 14.7 Å². The molecule has 1 saturated heterocycles. The molecule has 170 valence electrons. The van der Waals surface area contributed by atoms with E-state index in [2.05, 4.69) is 25.9 Å². The lowest BCUT2D eigenvalue weighted by Gasteiger charge is -2.17. The van der Waals surface area contributed by atoms with Gasteiger partial charge in [-0.05, 0) is 30.2 Å². The van der Waals surface area contributed by atoms with Crippen LogP contribution in [0.25, 0.3) is 0 Å². The topological polar surface area (TPSA) is 146 Å². The van der Waals surface area contributed by atoms with Crippen LogP contribution in [0.4, 0.5) is 27.9 Å². The Labute approximate surface area is 190 Å². The molecule has 1 fully saturated rings. The molecule has 3 aromatic rings. The Morgan fingerprint density at radius 2 is 1.91 bits per heavy atom. The van der Waals surface area contributed by atoms with Crippen LogP contribution >= 0.6 is 0 Å². The molecule has 10 heteroatoms. The fourth-order valence-corrected chi connectivity index (χ4v) is 3.47. The number of urea groups is 1. The Bertz CT molecular complexity index is 1140. The number of nitrogens with two attached hydrogens (primary N) is 1. The highest BCUT2D eigenvalue weighted by molar-refractivity contribution is 5.97. The summed E-state index contributed by atoms with van der Waals surface area (Å²) in [4.78, 5) is 34.3. The number of anilines is 4. The molecule has 3 amide bonds. The van der Waals surface area contributed by atoms with Gasteiger partial charge in [0.15, 0.2) is 0 Å². The second-order valence-corrected chi connectivity index (χ2v) is 7.68. The van der Waals surface area contributed by atoms with Crippen LogP contribution in [0.5, 0.6) is 0 Å². The molecule has 0 spiro atoms. The average Bonchev–Trinajstić information content (AvgIpc) is 3.25. The molecule has 1 aliphatic rings. The van der Waals surface area contributed by atoms with Gasteiger partial charge in [0.25, 0.3) is 5.91 Å². The van der Waals surface area contributed by atoms with Crippen molar-refractivity contribution in [2.24, 2.45) is 5.73 Å². The fourth-order valence-electron chi connectivity index (χ4n) is 3.47. The van der Waals surface area contributed by atoms with Crippen LogP contribution in [-0.2, 0) is 6.54 Å². The number of primary amides is 1. The molecule has 2 aromatic carbocycles. The summed E-state index contributed by atoms with van der Waals surface area (Å²) in [5, 5.41) is 18.7. The van der Waals surface area contributed by atoms with E-state index in [4.69, 9.17) is 5.73 Å². The van der Waals surface area contributed by atoms with Crippen LogP contribution in [0.15, 0.2) is 60.8 Å². The Kier molecular flexibility index (Phi) is 6.65. The highest BCUT2D eigenvalue weighted by Gasteiger charge is 2.24. The third-order valence-electron chi connectivity index (χ3n) is 5.18. The molecule has 1 aromatic heterocycles. The van der Waals surface area contributed by atoms with E-state index in [1.54, 1.807) is 29.2 Å². The summed E-state index contributed by atoms with van der Waals surface area (Å²) < 4.78 is 0. The zero-order chi connectivity index (χ0) is 23.2. The second-order valence-electron chi connectivity index (χ2n) is 7.68. The van der Waals surface area contributed by atoms with Gasteiger partial charge in [-0.3, -0.25) is 4.79 Å². The van der Waals surface area contributed by atoms with Gasteiger partial charge in [-0.15, -0.1) is 0 Å². The molecule has 0 radical (unpaired) electrons. The second kappa shape index (κ2) is 9.96. The highest BCUT2D eigenvalue weighted by Crippen LogP contribution is 2.21. The van der Waals surface area contributed by atoms with Gasteiger partial charge < -0.3 is 31.7 Å². The summed E-state index contributed by atoms with van der Waals surface area (Å²) in [6.45, 7) is 1.30. The molecule has 4 rings (SSSR count). The first-order chi connectivity index (χ1) is 16.0. The Morgan fingerprint density at radius 1 is 1.12 bits per heavy atom. The van der Waals surface area contributed by atoms with Gasteiger partial charge in [-0.2, -0.15) is 4.98 Å². The van der Waals surface area contributed by atoms with Gasteiger partial charge >= 0.3 is 6.03 Å². The van der Waals surface area contributed by atoms with E-state index in [0.29, 0.717) is 43.2 Å². The molecule has 33 heavy (non-hydrogen) atoms. The van der Waals surface area contributed by atoms with Crippen molar-refractivity contribution in [3.05, 3.63) is 71.9 Å². The molecule has 0 aliphatic carbocycles. The first-order valence-corrected chi connectivity index (χ1v) is 10.5. The highest BCUT2D eigenvalue weighted by atomic mass is 16.3. The Hall–Kier alpha value is -4.18. The normalized spacial score (nSPS) is 15.2. The first-order valence-electron chi connectivity index (χ1n) is 10.5. The molecule has 6 N–H and O–H groups in total. The molecule has 1 unspecified atom stereocenters. The number of carbonyl (C=O) groups is 2. The van der Waals surface area contributed by atoms with Gasteiger partial charge in [-0.25, -0.2) is 9.78 Å². The van der Waals surface area contributed by atoms with Crippen molar-refractivity contribution in [3.8, 4) is 0 Å². The van der Waals surface area contributed by atoms with Gasteiger partial charge in [0, 0.05) is 37.2 Å². The van der Waals surface area contributed by atoms with Crippen molar-refractivity contribution in [2.45, 2.75) is 19.1 Å². The van der Waals surface area contributed by atoms with Crippen molar-refractivity contribution in [1.29, 1.82) is 0 Å². The molecular formula is C23H25N7O3. The molecule has 1 aliphatic heterocycles. The molecule has 10 nitrogen and oxygen atoms in total. The maximum Gasteiger partial charge on any atom is 0.321 e. The molecule has 1 atom stereocenters. The van der Waals surface area contributed by atoms with E-state index < -0.39 is 12.0 Å². The lowest BCUT2D eigenvalue weighted by Crippen LogP contribution is -2.33. The summed E-state index contributed by atoms with van der Waals surface area (Å²) >= 11 is 0. The third kappa shape index (κ3) is 5.74. The molecular weight excluding hydrogens is 422 g/mol. The van der Waals surface area contributed by atoms with Crippen molar-refractivity contribution < 1.29 is 14.7 Å². The minimum Gasteiger partial charge on any atom is -0.391 e. The number of aromatic nitrogens is 2. The van der Waals surface area contributed by atoms with Crippen molar-refractivity contribution in [1.82, 2.24) is 14.9 Å². The Balaban J connectivity index is 1.46. The summed E-state index contributed by atoms with van der Waals surface area (Å²) in [6.07, 6.45) is 1.47. The zero-order valence-corrected chi connectivity index (χ0v) is 17.9. The number of hydrogen-bond acceptors (Lipinski definition) is 7. The van der Waals surface area contributed by atoms with Gasteiger partial charge in [0.2, 0.25) is 5.95 Å². The molecule has 0 bridgehead atoms. The van der Waals surface area contributed by atoms with E-state index in [1.807, 2.05) is 30.3 Å². The monoisotopic (exact) mass is 447 g/mol. The van der Waals surface area contributed by atoms with Crippen LogP contribution in [0.2, 0.25) is 0 Å². The number of aliphatic hydroxyl groups excluding tert-OH is 1. The summed E-state index contributed by atoms with van der Waals surface area (Å²) in [5.41, 5.74) is 7.92. The minimum absolute atomic E-state index is 0.185. The van der Waals surface area contributed by atoms with E-state index in [0.717, 1.165) is 5.56 Å². The van der Waals surface area contributed by atoms with Crippen molar-refractivity contribution in [2.75, 3.05) is 29.0 Å². The number of carbonyl (C=O) groups excluding carboxylic acids is 2. The number of β-amino-alcohol motifs (C(OH)–C–C–N with tert-alkyl or cyclic N) is 1. The SMILES string of the molecule is NC(=O)c1cnc(Nc2cccc(NC(=O)N3CCC(O)C3)c2)nc1NCc1ccccc1. The van der Waals surface area contributed by atoms with Crippen LogP contribution in [0, 0.1) is 0 Å². The first kappa shape index (κ1) is 22.0. The lowest BCUT2D eigenvalue weighted by atomic mass is 10.2. The quantitative estimate of drug-likeness (QED) is 0.374. The average molecular weight is 447 g/mol. The maximum absolute atomic E-state index is 12.4.